The third kappa shape index (κ3) is 2.76. The van der Waals surface area contributed by atoms with Crippen LogP contribution in [0.15, 0.2) is 24.3 Å². The number of hydrogen-bond acceptors (Lipinski definition) is 1. The Hall–Kier alpha value is -0.130. The van der Waals surface area contributed by atoms with Crippen molar-refractivity contribution in [3.63, 3.8) is 0 Å². The largest absolute Gasteiger partial charge is 0.284 e. The van der Waals surface area contributed by atoms with E-state index < -0.39 is 0 Å². The molecule has 1 aliphatic rings. The molecule has 0 fully saturated rings. The van der Waals surface area contributed by atoms with Gasteiger partial charge in [-0.25, -0.2) is 0 Å². The van der Waals surface area contributed by atoms with Crippen LogP contribution < -0.4 is 0 Å². The SMILES string of the molecule is CCN(CC)PC1C=CC=C1. The van der Waals surface area contributed by atoms with Crippen molar-refractivity contribution < 1.29 is 0 Å². The summed E-state index contributed by atoms with van der Waals surface area (Å²) < 4.78 is 2.48. The molecule has 0 aromatic heterocycles. The van der Waals surface area contributed by atoms with Gasteiger partial charge < -0.3 is 0 Å². The second-order valence-electron chi connectivity index (χ2n) is 2.60. The summed E-state index contributed by atoms with van der Waals surface area (Å²) in [7, 11) is 0.937. The molecule has 0 bridgehead atoms. The highest BCUT2D eigenvalue weighted by atomic mass is 31.1. The van der Waals surface area contributed by atoms with Crippen molar-refractivity contribution in [3.8, 4) is 0 Å². The first-order chi connectivity index (χ1) is 5.36. The molecule has 1 rings (SSSR count). The van der Waals surface area contributed by atoms with Crippen LogP contribution in [0, 0.1) is 0 Å². The molecule has 0 aromatic carbocycles. The van der Waals surface area contributed by atoms with E-state index in [4.69, 9.17) is 0 Å². The molecule has 0 heterocycles. The summed E-state index contributed by atoms with van der Waals surface area (Å²) in [6, 6.07) is 0. The Morgan fingerprint density at radius 2 is 1.73 bits per heavy atom. The number of nitrogens with zero attached hydrogens (tertiary/aromatic N) is 1. The van der Waals surface area contributed by atoms with Crippen molar-refractivity contribution >= 4 is 8.73 Å². The first-order valence-corrected chi connectivity index (χ1v) is 5.25. The smallest absolute Gasteiger partial charge is 0.0261 e. The number of allylic oxidation sites excluding steroid dienone is 4. The maximum absolute atomic E-state index is 2.48. The van der Waals surface area contributed by atoms with Crippen LogP contribution in [0.4, 0.5) is 0 Å². The standard InChI is InChI=1S/C9H16NP/c1-3-10(4-2)11-9-7-5-6-8-9/h5-9,11H,3-4H2,1-2H3. The molecule has 0 aromatic rings. The Morgan fingerprint density at radius 3 is 2.18 bits per heavy atom. The summed E-state index contributed by atoms with van der Waals surface area (Å²) >= 11 is 0. The van der Waals surface area contributed by atoms with Gasteiger partial charge in [0.25, 0.3) is 0 Å². The predicted molar refractivity (Wildman–Crippen MR) is 53.3 cm³/mol. The Bertz CT molecular complexity index is 147. The normalized spacial score (nSPS) is 18.1. The monoisotopic (exact) mass is 169 g/mol. The van der Waals surface area contributed by atoms with Gasteiger partial charge in [0, 0.05) is 5.66 Å². The molecule has 1 nitrogen and oxygen atoms in total. The van der Waals surface area contributed by atoms with Gasteiger partial charge in [0.15, 0.2) is 0 Å². The van der Waals surface area contributed by atoms with Gasteiger partial charge in [0.1, 0.15) is 0 Å². The fourth-order valence-corrected chi connectivity index (χ4v) is 2.32. The van der Waals surface area contributed by atoms with Gasteiger partial charge in [-0.05, 0) is 21.8 Å². The summed E-state index contributed by atoms with van der Waals surface area (Å²) in [5, 5.41) is 0. The highest BCUT2D eigenvalue weighted by molar-refractivity contribution is 7.36. The molecule has 0 radical (unpaired) electrons. The van der Waals surface area contributed by atoms with Crippen LogP contribution in [0.2, 0.25) is 0 Å². The van der Waals surface area contributed by atoms with Crippen molar-refractivity contribution in [2.75, 3.05) is 13.1 Å². The summed E-state index contributed by atoms with van der Waals surface area (Å²) in [4.78, 5) is 0. The second kappa shape index (κ2) is 4.69. The van der Waals surface area contributed by atoms with Crippen LogP contribution in [0.25, 0.3) is 0 Å². The molecule has 0 aliphatic heterocycles. The van der Waals surface area contributed by atoms with Crippen molar-refractivity contribution in [3.05, 3.63) is 24.3 Å². The minimum Gasteiger partial charge on any atom is -0.284 e. The molecular weight excluding hydrogens is 153 g/mol. The molecular formula is C9H16NP. The van der Waals surface area contributed by atoms with Crippen LogP contribution in [-0.4, -0.2) is 23.4 Å². The average molecular weight is 169 g/mol. The van der Waals surface area contributed by atoms with E-state index in [0.717, 1.165) is 8.73 Å². The zero-order chi connectivity index (χ0) is 8.10. The van der Waals surface area contributed by atoms with E-state index in [-0.39, 0.29) is 0 Å². The molecule has 62 valence electrons. The lowest BCUT2D eigenvalue weighted by Crippen LogP contribution is -2.14. The lowest BCUT2D eigenvalue weighted by molar-refractivity contribution is 0.514. The Kier molecular flexibility index (Phi) is 3.82. The van der Waals surface area contributed by atoms with Crippen molar-refractivity contribution in [1.82, 2.24) is 4.67 Å². The van der Waals surface area contributed by atoms with E-state index in [1.165, 1.54) is 13.1 Å². The van der Waals surface area contributed by atoms with E-state index in [1.54, 1.807) is 0 Å². The van der Waals surface area contributed by atoms with E-state index >= 15 is 0 Å². The summed E-state index contributed by atoms with van der Waals surface area (Å²) in [5.74, 6) is 0. The van der Waals surface area contributed by atoms with Crippen molar-refractivity contribution in [2.45, 2.75) is 19.5 Å². The first kappa shape index (κ1) is 8.96. The summed E-state index contributed by atoms with van der Waals surface area (Å²) in [6.07, 6.45) is 8.83. The van der Waals surface area contributed by atoms with Gasteiger partial charge in [-0.1, -0.05) is 38.2 Å². The maximum atomic E-state index is 2.48. The van der Waals surface area contributed by atoms with Crippen LogP contribution in [0.3, 0.4) is 0 Å². The molecule has 1 unspecified atom stereocenters. The number of hydrogen-bond donors (Lipinski definition) is 0. The molecule has 0 spiro atoms. The molecule has 1 aliphatic carbocycles. The van der Waals surface area contributed by atoms with Gasteiger partial charge >= 0.3 is 0 Å². The van der Waals surface area contributed by atoms with Crippen LogP contribution in [0.1, 0.15) is 13.8 Å². The molecule has 0 amide bonds. The van der Waals surface area contributed by atoms with E-state index in [2.05, 4.69) is 42.8 Å². The quantitative estimate of drug-likeness (QED) is 0.584. The van der Waals surface area contributed by atoms with Crippen LogP contribution in [-0.2, 0) is 0 Å². The topological polar surface area (TPSA) is 3.24 Å². The summed E-state index contributed by atoms with van der Waals surface area (Å²) in [6.45, 7) is 6.79. The second-order valence-corrected chi connectivity index (χ2v) is 4.15. The molecule has 0 N–H and O–H groups in total. The van der Waals surface area contributed by atoms with Gasteiger partial charge in [0.2, 0.25) is 0 Å². The molecule has 2 heteroatoms. The average Bonchev–Trinajstić information content (AvgIpc) is 2.52. The lowest BCUT2D eigenvalue weighted by atomic mass is 10.5. The minimum atomic E-state index is 0.690. The lowest BCUT2D eigenvalue weighted by Gasteiger charge is -2.19. The van der Waals surface area contributed by atoms with E-state index in [1.807, 2.05) is 0 Å². The summed E-state index contributed by atoms with van der Waals surface area (Å²) in [5.41, 5.74) is 0.690. The van der Waals surface area contributed by atoms with Crippen LogP contribution in [0.5, 0.6) is 0 Å². The minimum absolute atomic E-state index is 0.690. The number of rotatable bonds is 4. The molecule has 0 saturated heterocycles. The fraction of sp³-hybridized carbons (Fsp3) is 0.556. The Balaban J connectivity index is 2.28. The predicted octanol–water partition coefficient (Wildman–Crippen LogP) is 2.42. The van der Waals surface area contributed by atoms with Gasteiger partial charge in [-0.15, -0.1) is 0 Å². The Morgan fingerprint density at radius 1 is 1.18 bits per heavy atom. The van der Waals surface area contributed by atoms with Crippen molar-refractivity contribution in [1.29, 1.82) is 0 Å². The van der Waals surface area contributed by atoms with E-state index in [9.17, 15) is 0 Å². The molecule has 0 saturated carbocycles. The first-order valence-electron chi connectivity index (χ1n) is 4.23. The van der Waals surface area contributed by atoms with E-state index in [0.29, 0.717) is 5.66 Å². The van der Waals surface area contributed by atoms with Crippen LogP contribution >= 0.6 is 8.73 Å². The molecule has 11 heavy (non-hydrogen) atoms. The van der Waals surface area contributed by atoms with Crippen molar-refractivity contribution in [2.24, 2.45) is 0 Å². The molecule has 1 atom stereocenters. The third-order valence-electron chi connectivity index (χ3n) is 1.84. The van der Waals surface area contributed by atoms with Gasteiger partial charge in [0.05, 0.1) is 0 Å². The fourth-order valence-electron chi connectivity index (χ4n) is 1.13. The maximum Gasteiger partial charge on any atom is 0.0261 e. The van der Waals surface area contributed by atoms with Gasteiger partial charge in [-0.2, -0.15) is 0 Å². The highest BCUT2D eigenvalue weighted by Crippen LogP contribution is 2.28. The third-order valence-corrected chi connectivity index (χ3v) is 3.52. The highest BCUT2D eigenvalue weighted by Gasteiger charge is 2.07. The zero-order valence-corrected chi connectivity index (χ0v) is 8.25. The zero-order valence-electron chi connectivity index (χ0n) is 7.25. The van der Waals surface area contributed by atoms with Gasteiger partial charge in [-0.3, -0.25) is 4.67 Å². The Labute approximate surface area is 71.0 Å².